The second-order valence-corrected chi connectivity index (χ2v) is 7.32. The highest BCUT2D eigenvalue weighted by Crippen LogP contribution is 2.29. The van der Waals surface area contributed by atoms with E-state index < -0.39 is 0 Å². The number of ether oxygens (including phenoxy) is 2. The quantitative estimate of drug-likeness (QED) is 0.288. The average molecular weight is 531 g/mol. The van der Waals surface area contributed by atoms with Gasteiger partial charge < -0.3 is 25.4 Å². The highest BCUT2D eigenvalue weighted by molar-refractivity contribution is 14.0. The Morgan fingerprint density at radius 1 is 1.24 bits per heavy atom. The summed E-state index contributed by atoms with van der Waals surface area (Å²) >= 11 is 1.71. The van der Waals surface area contributed by atoms with Crippen LogP contribution in [0.1, 0.15) is 32.4 Å². The lowest BCUT2D eigenvalue weighted by Crippen LogP contribution is -2.23. The number of nitrogens with zero attached hydrogens (tertiary/aromatic N) is 3. The van der Waals surface area contributed by atoms with E-state index >= 15 is 0 Å². The fraction of sp³-hybridized carbons (Fsp3) is 0.500. The summed E-state index contributed by atoms with van der Waals surface area (Å²) in [5.41, 5.74) is 7.90. The molecule has 160 valence electrons. The van der Waals surface area contributed by atoms with Crippen molar-refractivity contribution in [3.63, 3.8) is 0 Å². The Kier molecular flexibility index (Phi) is 9.79. The van der Waals surface area contributed by atoms with Crippen LogP contribution in [0.15, 0.2) is 28.6 Å². The summed E-state index contributed by atoms with van der Waals surface area (Å²) in [6, 6.07) is 5.63. The summed E-state index contributed by atoms with van der Waals surface area (Å²) in [7, 11) is 0. The minimum atomic E-state index is 0. The van der Waals surface area contributed by atoms with Gasteiger partial charge in [0.2, 0.25) is 0 Å². The van der Waals surface area contributed by atoms with Gasteiger partial charge in [-0.25, -0.2) is 4.98 Å². The summed E-state index contributed by atoms with van der Waals surface area (Å²) in [4.78, 5) is 11.5. The van der Waals surface area contributed by atoms with Crippen molar-refractivity contribution in [1.82, 2.24) is 4.98 Å². The SMILES string of the molecule is CCOc1ccc(OCC)c(NC(N)=NCCc2csc(N3CCCC3)n2)c1.I. The summed E-state index contributed by atoms with van der Waals surface area (Å²) in [5, 5.41) is 6.37. The molecule has 1 fully saturated rings. The molecule has 0 unspecified atom stereocenters. The largest absolute Gasteiger partial charge is 0.494 e. The van der Waals surface area contributed by atoms with Crippen LogP contribution < -0.4 is 25.4 Å². The van der Waals surface area contributed by atoms with Crippen LogP contribution in [0, 0.1) is 0 Å². The molecule has 0 radical (unpaired) electrons. The molecule has 1 saturated heterocycles. The van der Waals surface area contributed by atoms with Crippen LogP contribution in [0.25, 0.3) is 0 Å². The molecule has 0 amide bonds. The van der Waals surface area contributed by atoms with Gasteiger partial charge in [-0.15, -0.1) is 35.3 Å². The molecule has 7 nitrogen and oxygen atoms in total. The second kappa shape index (κ2) is 12.1. The number of aromatic nitrogens is 1. The van der Waals surface area contributed by atoms with Gasteiger partial charge >= 0.3 is 0 Å². The molecule has 1 aliphatic heterocycles. The van der Waals surface area contributed by atoms with Gasteiger partial charge in [0.25, 0.3) is 0 Å². The molecule has 9 heteroatoms. The third-order valence-corrected chi connectivity index (χ3v) is 5.34. The minimum absolute atomic E-state index is 0. The van der Waals surface area contributed by atoms with Gasteiger partial charge in [0, 0.05) is 37.5 Å². The molecule has 0 saturated carbocycles. The summed E-state index contributed by atoms with van der Waals surface area (Å²) in [6.45, 7) is 7.88. The molecule has 1 aromatic carbocycles. The first-order chi connectivity index (χ1) is 13.7. The van der Waals surface area contributed by atoms with Crippen LogP contribution in [-0.4, -0.2) is 43.8 Å². The van der Waals surface area contributed by atoms with Gasteiger partial charge in [-0.1, -0.05) is 0 Å². The molecule has 1 aliphatic rings. The average Bonchev–Trinajstić information content (AvgIpc) is 3.36. The Balaban J connectivity index is 0.00000300. The first-order valence-electron chi connectivity index (χ1n) is 9.85. The van der Waals surface area contributed by atoms with Crippen molar-refractivity contribution in [2.45, 2.75) is 33.1 Å². The highest BCUT2D eigenvalue weighted by atomic mass is 127. The van der Waals surface area contributed by atoms with Gasteiger partial charge in [0.15, 0.2) is 11.1 Å². The van der Waals surface area contributed by atoms with Crippen molar-refractivity contribution >= 4 is 52.1 Å². The first kappa shape index (κ1) is 23.5. The van der Waals surface area contributed by atoms with Crippen molar-refractivity contribution < 1.29 is 9.47 Å². The Morgan fingerprint density at radius 2 is 2.00 bits per heavy atom. The van der Waals surface area contributed by atoms with Crippen molar-refractivity contribution in [2.75, 3.05) is 43.1 Å². The van der Waals surface area contributed by atoms with Crippen LogP contribution in [0.3, 0.4) is 0 Å². The lowest BCUT2D eigenvalue weighted by Gasteiger charge is -2.14. The van der Waals surface area contributed by atoms with Gasteiger partial charge in [0.05, 0.1) is 24.6 Å². The van der Waals surface area contributed by atoms with Crippen LogP contribution in [0.4, 0.5) is 10.8 Å². The number of aliphatic imine (C=N–C) groups is 1. The molecule has 1 aromatic heterocycles. The Labute approximate surface area is 193 Å². The van der Waals surface area contributed by atoms with E-state index in [1.165, 1.54) is 12.8 Å². The standard InChI is InChI=1S/C20H29N5O2S.HI/c1-3-26-16-7-8-18(27-4-2)17(13-16)24-19(21)22-10-9-15-14-28-20(23-15)25-11-5-6-12-25;/h7-8,13-14H,3-6,9-12H2,1-2H3,(H3,21,22,24);1H. The molecule has 3 N–H and O–H groups in total. The van der Waals surface area contributed by atoms with Gasteiger partial charge in [-0.3, -0.25) is 4.99 Å². The van der Waals surface area contributed by atoms with E-state index in [2.05, 4.69) is 20.6 Å². The zero-order valence-corrected chi connectivity index (χ0v) is 20.2. The smallest absolute Gasteiger partial charge is 0.193 e. The minimum Gasteiger partial charge on any atom is -0.494 e. The Bertz CT molecular complexity index is 793. The van der Waals surface area contributed by atoms with Gasteiger partial charge in [-0.05, 0) is 38.8 Å². The number of nitrogens with one attached hydrogen (secondary N) is 1. The maximum Gasteiger partial charge on any atom is 0.193 e. The number of benzene rings is 1. The lowest BCUT2D eigenvalue weighted by atomic mass is 10.2. The number of nitrogens with two attached hydrogens (primary N) is 1. The van der Waals surface area contributed by atoms with E-state index in [9.17, 15) is 0 Å². The predicted octanol–water partition coefficient (Wildman–Crippen LogP) is 4.13. The summed E-state index contributed by atoms with van der Waals surface area (Å²) in [6.07, 6.45) is 3.29. The predicted molar refractivity (Wildman–Crippen MR) is 132 cm³/mol. The van der Waals surface area contributed by atoms with Crippen molar-refractivity contribution in [1.29, 1.82) is 0 Å². The van der Waals surface area contributed by atoms with E-state index in [1.54, 1.807) is 11.3 Å². The summed E-state index contributed by atoms with van der Waals surface area (Å²) in [5.74, 6) is 1.83. The topological polar surface area (TPSA) is 85.0 Å². The Hall–Kier alpha value is -1.75. The van der Waals surface area contributed by atoms with Crippen LogP contribution in [0.5, 0.6) is 11.5 Å². The normalized spacial score (nSPS) is 13.9. The third-order valence-electron chi connectivity index (χ3n) is 4.39. The van der Waals surface area contributed by atoms with E-state index in [1.807, 2.05) is 32.0 Å². The second-order valence-electron chi connectivity index (χ2n) is 6.48. The zero-order chi connectivity index (χ0) is 19.8. The van der Waals surface area contributed by atoms with Crippen molar-refractivity contribution in [2.24, 2.45) is 10.7 Å². The van der Waals surface area contributed by atoms with E-state index in [0.29, 0.717) is 25.7 Å². The molecular weight excluding hydrogens is 501 g/mol. The molecule has 0 bridgehead atoms. The lowest BCUT2D eigenvalue weighted by molar-refractivity contribution is 0.332. The number of hydrogen-bond donors (Lipinski definition) is 2. The maximum absolute atomic E-state index is 6.08. The van der Waals surface area contributed by atoms with Gasteiger partial charge in [0.1, 0.15) is 11.5 Å². The number of guanidine groups is 1. The fourth-order valence-electron chi connectivity index (χ4n) is 3.08. The van der Waals surface area contributed by atoms with E-state index in [-0.39, 0.29) is 24.0 Å². The molecule has 0 atom stereocenters. The number of halogens is 1. The van der Waals surface area contributed by atoms with Crippen LogP contribution in [-0.2, 0) is 6.42 Å². The Morgan fingerprint density at radius 3 is 2.72 bits per heavy atom. The van der Waals surface area contributed by atoms with E-state index in [0.717, 1.165) is 47.5 Å². The van der Waals surface area contributed by atoms with Crippen molar-refractivity contribution in [3.8, 4) is 11.5 Å². The summed E-state index contributed by atoms with van der Waals surface area (Å²) < 4.78 is 11.2. The fourth-order valence-corrected chi connectivity index (χ4v) is 3.99. The van der Waals surface area contributed by atoms with Crippen LogP contribution in [0.2, 0.25) is 0 Å². The van der Waals surface area contributed by atoms with Crippen LogP contribution >= 0.6 is 35.3 Å². The number of rotatable bonds is 9. The molecule has 3 rings (SSSR count). The first-order valence-corrected chi connectivity index (χ1v) is 10.7. The molecular formula is C20H30IN5O2S. The molecule has 2 heterocycles. The molecule has 0 aliphatic carbocycles. The molecule has 0 spiro atoms. The molecule has 29 heavy (non-hydrogen) atoms. The zero-order valence-electron chi connectivity index (χ0n) is 17.0. The molecule has 2 aromatic rings. The maximum atomic E-state index is 6.08. The highest BCUT2D eigenvalue weighted by Gasteiger charge is 2.15. The van der Waals surface area contributed by atoms with Gasteiger partial charge in [-0.2, -0.15) is 0 Å². The van der Waals surface area contributed by atoms with E-state index in [4.69, 9.17) is 20.2 Å². The third kappa shape index (κ3) is 6.91. The number of hydrogen-bond acceptors (Lipinski definition) is 6. The number of thiazole rings is 1. The van der Waals surface area contributed by atoms with Crippen molar-refractivity contribution in [3.05, 3.63) is 29.3 Å². The monoisotopic (exact) mass is 531 g/mol. The number of anilines is 2.